The molecule has 2 fully saturated rings. The summed E-state index contributed by atoms with van der Waals surface area (Å²) in [6, 6.07) is 2.01. The number of carbonyl (C=O) groups is 2. The summed E-state index contributed by atoms with van der Waals surface area (Å²) in [6.45, 7) is 6.91. The Morgan fingerprint density at radius 1 is 1.44 bits per heavy atom. The lowest BCUT2D eigenvalue weighted by Crippen LogP contribution is -2.45. The maximum atomic E-state index is 13.2. The molecule has 1 spiro atoms. The number of fused-ring (bicyclic) bond motifs is 1. The number of aromatic nitrogens is 1. The van der Waals surface area contributed by atoms with Crippen LogP contribution in [0.15, 0.2) is 22.7 Å². The number of likely N-dealkylation sites (tertiary alicyclic amines) is 1. The zero-order valence-corrected chi connectivity index (χ0v) is 16.3. The minimum absolute atomic E-state index is 0.0535. The minimum atomic E-state index is -0.645. The molecule has 1 aromatic heterocycles. The molecule has 7 nitrogen and oxygen atoms in total. The smallest absolute Gasteiger partial charge is 0.230 e. The molecule has 4 rings (SSSR count). The number of hydrogen-bond donors (Lipinski definition) is 0. The highest BCUT2D eigenvalue weighted by Gasteiger charge is 2.67. The summed E-state index contributed by atoms with van der Waals surface area (Å²) in [5.41, 5.74) is 0.136. The van der Waals surface area contributed by atoms with E-state index in [1.807, 2.05) is 30.0 Å². The molecule has 7 heteroatoms. The molecule has 4 heterocycles. The first kappa shape index (κ1) is 18.2. The summed E-state index contributed by atoms with van der Waals surface area (Å²) >= 11 is 0. The van der Waals surface area contributed by atoms with E-state index in [2.05, 4.69) is 19.0 Å². The third-order valence-corrected chi connectivity index (χ3v) is 6.24. The highest BCUT2D eigenvalue weighted by Crippen LogP contribution is 2.52. The molecule has 2 amide bonds. The molecule has 0 N–H and O–H groups in total. The zero-order chi connectivity index (χ0) is 19.3. The molecule has 2 saturated heterocycles. The van der Waals surface area contributed by atoms with E-state index in [9.17, 15) is 9.59 Å². The Morgan fingerprint density at radius 2 is 2.19 bits per heavy atom. The molecule has 3 aliphatic rings. The first-order valence-electron chi connectivity index (χ1n) is 9.75. The zero-order valence-electron chi connectivity index (χ0n) is 16.3. The number of aryl methyl sites for hydroxylation is 1. The average molecular weight is 373 g/mol. The second-order valence-electron chi connectivity index (χ2n) is 7.97. The number of nitrogens with zero attached hydrogens (tertiary/aromatic N) is 3. The quantitative estimate of drug-likeness (QED) is 0.712. The lowest BCUT2D eigenvalue weighted by molar-refractivity contribution is -0.143. The van der Waals surface area contributed by atoms with E-state index in [0.29, 0.717) is 18.8 Å². The number of amides is 2. The third-order valence-electron chi connectivity index (χ3n) is 6.24. The molecule has 27 heavy (non-hydrogen) atoms. The summed E-state index contributed by atoms with van der Waals surface area (Å²) in [4.78, 5) is 30.0. The van der Waals surface area contributed by atoms with Crippen molar-refractivity contribution in [3.8, 4) is 0 Å². The van der Waals surface area contributed by atoms with E-state index < -0.39 is 17.4 Å². The fraction of sp³-hybridized carbons (Fsp3) is 0.650. The molecule has 0 unspecified atom stereocenters. The first-order chi connectivity index (χ1) is 12.9. The Labute approximate surface area is 159 Å². The van der Waals surface area contributed by atoms with Gasteiger partial charge in [0.1, 0.15) is 5.60 Å². The van der Waals surface area contributed by atoms with Crippen LogP contribution in [0.2, 0.25) is 0 Å². The van der Waals surface area contributed by atoms with Crippen LogP contribution in [0.3, 0.4) is 0 Å². The molecular formula is C20H27N3O4. The highest BCUT2D eigenvalue weighted by atomic mass is 16.5. The van der Waals surface area contributed by atoms with Crippen molar-refractivity contribution in [1.82, 2.24) is 15.0 Å². The molecule has 3 aliphatic heterocycles. The van der Waals surface area contributed by atoms with Gasteiger partial charge >= 0.3 is 0 Å². The highest BCUT2D eigenvalue weighted by molar-refractivity contribution is 5.93. The molecule has 4 atom stereocenters. The Hall–Kier alpha value is -2.15. The normalized spacial score (nSPS) is 31.2. The van der Waals surface area contributed by atoms with Crippen LogP contribution < -0.4 is 0 Å². The summed E-state index contributed by atoms with van der Waals surface area (Å²) < 4.78 is 11.4. The standard InChI is InChI=1S/C20H27N3O4/c1-5-13(6-2)23-11-20-8-7-15(26-20)16(17(20)19(23)25)18(24)22(4)10-14-9-12(3)21-27-14/h7-9,13,15-17H,5-6,10-11H2,1-4H3/t15-,16+,17+,20-/m0/s1. The summed E-state index contributed by atoms with van der Waals surface area (Å²) in [5, 5.41) is 3.87. The molecule has 2 bridgehead atoms. The third kappa shape index (κ3) is 2.71. The maximum absolute atomic E-state index is 13.2. The van der Waals surface area contributed by atoms with Gasteiger partial charge < -0.3 is 19.1 Å². The Kier molecular flexibility index (Phi) is 4.37. The second kappa shape index (κ2) is 6.48. The fourth-order valence-electron chi connectivity index (χ4n) is 4.91. The average Bonchev–Trinajstić information content (AvgIpc) is 3.38. The van der Waals surface area contributed by atoms with Crippen molar-refractivity contribution in [3.05, 3.63) is 29.7 Å². The minimum Gasteiger partial charge on any atom is -0.360 e. The van der Waals surface area contributed by atoms with Gasteiger partial charge in [0.25, 0.3) is 0 Å². The molecular weight excluding hydrogens is 346 g/mol. The van der Waals surface area contributed by atoms with Gasteiger partial charge in [-0.05, 0) is 19.8 Å². The van der Waals surface area contributed by atoms with Crippen LogP contribution in [-0.2, 0) is 20.9 Å². The van der Waals surface area contributed by atoms with Crippen LogP contribution >= 0.6 is 0 Å². The Bertz CT molecular complexity index is 784. The van der Waals surface area contributed by atoms with Gasteiger partial charge in [-0.3, -0.25) is 9.59 Å². The van der Waals surface area contributed by atoms with E-state index >= 15 is 0 Å². The van der Waals surface area contributed by atoms with E-state index in [0.717, 1.165) is 18.5 Å². The molecule has 0 saturated carbocycles. The van der Waals surface area contributed by atoms with E-state index in [4.69, 9.17) is 9.26 Å². The van der Waals surface area contributed by atoms with Crippen molar-refractivity contribution in [1.29, 1.82) is 0 Å². The molecule has 146 valence electrons. The number of hydrogen-bond acceptors (Lipinski definition) is 5. The van der Waals surface area contributed by atoms with Gasteiger partial charge in [-0.2, -0.15) is 0 Å². The Balaban J connectivity index is 1.56. The number of rotatable bonds is 6. The van der Waals surface area contributed by atoms with Gasteiger partial charge in [0.15, 0.2) is 5.76 Å². The van der Waals surface area contributed by atoms with Crippen LogP contribution in [0.5, 0.6) is 0 Å². The van der Waals surface area contributed by atoms with Gasteiger partial charge in [0.2, 0.25) is 11.8 Å². The van der Waals surface area contributed by atoms with Crippen LogP contribution in [-0.4, -0.2) is 58.1 Å². The largest absolute Gasteiger partial charge is 0.360 e. The molecule has 0 radical (unpaired) electrons. The van der Waals surface area contributed by atoms with Crippen molar-refractivity contribution < 1.29 is 18.8 Å². The van der Waals surface area contributed by atoms with Crippen molar-refractivity contribution in [3.63, 3.8) is 0 Å². The monoisotopic (exact) mass is 373 g/mol. The van der Waals surface area contributed by atoms with Gasteiger partial charge in [-0.15, -0.1) is 0 Å². The van der Waals surface area contributed by atoms with Gasteiger partial charge in [0, 0.05) is 19.2 Å². The summed E-state index contributed by atoms with van der Waals surface area (Å²) in [6.07, 6.45) is 5.44. The number of ether oxygens (including phenoxy) is 1. The topological polar surface area (TPSA) is 75.9 Å². The molecule has 0 aliphatic carbocycles. The van der Waals surface area contributed by atoms with E-state index in [-0.39, 0.29) is 24.0 Å². The van der Waals surface area contributed by atoms with Crippen molar-refractivity contribution >= 4 is 11.8 Å². The molecule has 1 aromatic rings. The molecule has 0 aromatic carbocycles. The maximum Gasteiger partial charge on any atom is 0.230 e. The van der Waals surface area contributed by atoms with Crippen LogP contribution in [0, 0.1) is 18.8 Å². The SMILES string of the molecule is CCC(CC)N1C[C@]23C=C[C@H](O2)[C@@H](C(=O)N(C)Cc2cc(C)no2)[C@@H]3C1=O. The van der Waals surface area contributed by atoms with E-state index in [1.165, 1.54) is 0 Å². The van der Waals surface area contributed by atoms with Gasteiger partial charge in [-0.1, -0.05) is 31.2 Å². The lowest BCUT2D eigenvalue weighted by Gasteiger charge is -2.29. The predicted octanol–water partition coefficient (Wildman–Crippen LogP) is 1.91. The van der Waals surface area contributed by atoms with Crippen molar-refractivity contribution in [2.75, 3.05) is 13.6 Å². The second-order valence-corrected chi connectivity index (χ2v) is 7.97. The van der Waals surface area contributed by atoms with Crippen LogP contribution in [0.1, 0.15) is 38.1 Å². The first-order valence-corrected chi connectivity index (χ1v) is 9.75. The lowest BCUT2D eigenvalue weighted by atomic mass is 9.76. The van der Waals surface area contributed by atoms with E-state index in [1.54, 1.807) is 11.9 Å². The summed E-state index contributed by atoms with van der Waals surface area (Å²) in [7, 11) is 1.74. The number of carbonyl (C=O) groups excluding carboxylic acids is 2. The Morgan fingerprint density at radius 3 is 2.81 bits per heavy atom. The fourth-order valence-corrected chi connectivity index (χ4v) is 4.91. The summed E-state index contributed by atoms with van der Waals surface area (Å²) in [5.74, 6) is -0.299. The predicted molar refractivity (Wildman–Crippen MR) is 97.5 cm³/mol. The van der Waals surface area contributed by atoms with Gasteiger partial charge in [0.05, 0.1) is 36.7 Å². The van der Waals surface area contributed by atoms with Crippen molar-refractivity contribution in [2.24, 2.45) is 11.8 Å². The van der Waals surface area contributed by atoms with Crippen LogP contribution in [0.4, 0.5) is 0 Å². The van der Waals surface area contributed by atoms with Crippen LogP contribution in [0.25, 0.3) is 0 Å². The van der Waals surface area contributed by atoms with Crippen molar-refractivity contribution in [2.45, 2.75) is 57.9 Å². The van der Waals surface area contributed by atoms with Gasteiger partial charge in [-0.25, -0.2) is 0 Å².